The highest BCUT2D eigenvalue weighted by Crippen LogP contribution is 2.26. The number of hydrogen-bond acceptors (Lipinski definition) is 4. The van der Waals surface area contributed by atoms with Crippen molar-refractivity contribution in [3.63, 3.8) is 0 Å². The molecule has 0 spiro atoms. The van der Waals surface area contributed by atoms with Gasteiger partial charge >= 0.3 is 0 Å². The number of hydrogen-bond donors (Lipinski definition) is 1. The lowest BCUT2D eigenvalue weighted by molar-refractivity contribution is 0.873. The van der Waals surface area contributed by atoms with E-state index in [0.29, 0.717) is 27.0 Å². The summed E-state index contributed by atoms with van der Waals surface area (Å²) in [5, 5.41) is 8.33. The summed E-state index contributed by atoms with van der Waals surface area (Å²) in [5.74, 6) is 0.696. The Labute approximate surface area is 175 Å². The van der Waals surface area contributed by atoms with Crippen molar-refractivity contribution in [3.8, 4) is 5.69 Å². The van der Waals surface area contributed by atoms with Gasteiger partial charge in [0.2, 0.25) is 0 Å². The zero-order valence-corrected chi connectivity index (χ0v) is 16.7. The quantitative estimate of drug-likeness (QED) is 0.321. The van der Waals surface area contributed by atoms with Crippen LogP contribution in [0.1, 0.15) is 5.56 Å². The molecule has 0 aliphatic carbocycles. The van der Waals surface area contributed by atoms with E-state index in [1.165, 1.54) is 34.3 Å². The molecule has 0 atom stereocenters. The summed E-state index contributed by atoms with van der Waals surface area (Å²) in [6.07, 6.45) is 1.53. The van der Waals surface area contributed by atoms with Gasteiger partial charge in [0.05, 0.1) is 11.9 Å². The van der Waals surface area contributed by atoms with Crippen LogP contribution in [0, 0.1) is 0 Å². The molecule has 5 rings (SSSR count). The first kappa shape index (κ1) is 18.0. The van der Waals surface area contributed by atoms with Crippen LogP contribution >= 0.6 is 23.4 Å². The summed E-state index contributed by atoms with van der Waals surface area (Å²) in [4.78, 5) is 20.1. The molecule has 2 aromatic heterocycles. The summed E-state index contributed by atoms with van der Waals surface area (Å²) in [5.41, 5.74) is 2.26. The van der Waals surface area contributed by atoms with Gasteiger partial charge in [0.1, 0.15) is 5.39 Å². The first-order valence-corrected chi connectivity index (χ1v) is 10.4. The lowest BCUT2D eigenvalue weighted by atomic mass is 10.1. The fraction of sp³-hybridized carbons (Fsp3) is 0.0455. The van der Waals surface area contributed by atoms with Crippen LogP contribution in [0.3, 0.4) is 0 Å². The lowest BCUT2D eigenvalue weighted by Crippen LogP contribution is -2.09. The highest BCUT2D eigenvalue weighted by atomic mass is 35.5. The molecule has 0 amide bonds. The predicted octanol–water partition coefficient (Wildman–Crippen LogP) is 5.21. The van der Waals surface area contributed by atoms with Crippen molar-refractivity contribution in [1.82, 2.24) is 19.7 Å². The summed E-state index contributed by atoms with van der Waals surface area (Å²) < 4.78 is 1.64. The van der Waals surface area contributed by atoms with Gasteiger partial charge in [-0.3, -0.25) is 4.79 Å². The number of rotatable bonds is 4. The second-order valence-corrected chi connectivity index (χ2v) is 7.97. The maximum Gasteiger partial charge on any atom is 0.262 e. The number of fused-ring (bicyclic) bond motifs is 2. The Morgan fingerprint density at radius 3 is 2.72 bits per heavy atom. The van der Waals surface area contributed by atoms with E-state index in [2.05, 4.69) is 39.3 Å². The van der Waals surface area contributed by atoms with Gasteiger partial charge in [0.25, 0.3) is 5.56 Å². The second-order valence-electron chi connectivity index (χ2n) is 6.57. The zero-order chi connectivity index (χ0) is 19.8. The number of aromatic nitrogens is 4. The molecule has 29 heavy (non-hydrogen) atoms. The molecule has 5 nitrogen and oxygen atoms in total. The fourth-order valence-electron chi connectivity index (χ4n) is 3.33. The normalized spacial score (nSPS) is 11.3. The number of halogens is 1. The largest absolute Gasteiger partial charge is 0.301 e. The molecular formula is C22H15ClN4OS. The Kier molecular flexibility index (Phi) is 4.58. The van der Waals surface area contributed by atoms with Crippen LogP contribution in [0.5, 0.6) is 0 Å². The average Bonchev–Trinajstić information content (AvgIpc) is 3.17. The van der Waals surface area contributed by atoms with E-state index >= 15 is 0 Å². The number of nitrogens with one attached hydrogen (secondary N) is 1. The van der Waals surface area contributed by atoms with Gasteiger partial charge in [0, 0.05) is 10.8 Å². The SMILES string of the molecule is O=c1[nH]c(SCc2cccc3ccccc23)nc2c1cnn2-c1cccc(Cl)c1. The third-order valence-electron chi connectivity index (χ3n) is 4.71. The maximum absolute atomic E-state index is 12.5. The molecule has 0 aliphatic heterocycles. The van der Waals surface area contributed by atoms with Crippen molar-refractivity contribution in [2.75, 3.05) is 0 Å². The molecule has 0 aliphatic rings. The second kappa shape index (κ2) is 7.39. The summed E-state index contributed by atoms with van der Waals surface area (Å²) in [6.45, 7) is 0. The first-order valence-electron chi connectivity index (χ1n) is 9.02. The number of aromatic amines is 1. The number of H-pyrrole nitrogens is 1. The van der Waals surface area contributed by atoms with Crippen molar-refractivity contribution < 1.29 is 0 Å². The maximum atomic E-state index is 12.5. The van der Waals surface area contributed by atoms with Gasteiger partial charge < -0.3 is 4.98 Å². The summed E-state index contributed by atoms with van der Waals surface area (Å²) >= 11 is 7.60. The summed E-state index contributed by atoms with van der Waals surface area (Å²) in [7, 11) is 0. The van der Waals surface area contributed by atoms with E-state index in [-0.39, 0.29) is 5.56 Å². The van der Waals surface area contributed by atoms with E-state index in [1.807, 2.05) is 30.3 Å². The molecule has 0 saturated carbocycles. The van der Waals surface area contributed by atoms with Gasteiger partial charge in [-0.25, -0.2) is 9.67 Å². The van der Waals surface area contributed by atoms with Crippen molar-refractivity contribution in [2.45, 2.75) is 10.9 Å². The van der Waals surface area contributed by atoms with E-state index in [9.17, 15) is 4.79 Å². The van der Waals surface area contributed by atoms with Crippen LogP contribution in [-0.4, -0.2) is 19.7 Å². The fourth-order valence-corrected chi connectivity index (χ4v) is 4.37. The monoisotopic (exact) mass is 418 g/mol. The van der Waals surface area contributed by atoms with Gasteiger partial charge in [-0.15, -0.1) is 0 Å². The smallest absolute Gasteiger partial charge is 0.262 e. The Morgan fingerprint density at radius 2 is 1.83 bits per heavy atom. The Balaban J connectivity index is 1.52. The average molecular weight is 419 g/mol. The Bertz CT molecular complexity index is 1400. The minimum atomic E-state index is -0.205. The number of benzene rings is 3. The molecule has 3 aromatic carbocycles. The third-order valence-corrected chi connectivity index (χ3v) is 5.87. The third kappa shape index (κ3) is 3.41. The molecule has 0 radical (unpaired) electrons. The van der Waals surface area contributed by atoms with Crippen LogP contribution in [0.25, 0.3) is 27.5 Å². The van der Waals surface area contributed by atoms with Crippen molar-refractivity contribution >= 4 is 45.2 Å². The van der Waals surface area contributed by atoms with Crippen molar-refractivity contribution in [1.29, 1.82) is 0 Å². The van der Waals surface area contributed by atoms with E-state index < -0.39 is 0 Å². The van der Waals surface area contributed by atoms with Gasteiger partial charge in [0.15, 0.2) is 10.8 Å². The minimum absolute atomic E-state index is 0.205. The van der Waals surface area contributed by atoms with Crippen LogP contribution in [-0.2, 0) is 5.75 Å². The van der Waals surface area contributed by atoms with Gasteiger partial charge in [-0.2, -0.15) is 5.10 Å². The standard InChI is InChI=1S/C22H15ClN4OS/c23-16-8-4-9-17(11-16)27-20-19(12-24-27)21(28)26-22(25-20)29-13-15-7-3-6-14-5-1-2-10-18(14)15/h1-12H,13H2,(H,25,26,28). The molecule has 2 heterocycles. The molecule has 0 fully saturated rings. The van der Waals surface area contributed by atoms with Gasteiger partial charge in [-0.1, -0.05) is 71.9 Å². The van der Waals surface area contributed by atoms with Gasteiger partial charge in [-0.05, 0) is 34.5 Å². The van der Waals surface area contributed by atoms with Crippen LogP contribution < -0.4 is 5.56 Å². The van der Waals surface area contributed by atoms with Crippen molar-refractivity contribution in [3.05, 3.63) is 93.9 Å². The highest BCUT2D eigenvalue weighted by molar-refractivity contribution is 7.98. The topological polar surface area (TPSA) is 63.6 Å². The van der Waals surface area contributed by atoms with Crippen LogP contribution in [0.2, 0.25) is 5.02 Å². The van der Waals surface area contributed by atoms with Crippen molar-refractivity contribution in [2.24, 2.45) is 0 Å². The van der Waals surface area contributed by atoms with Crippen LogP contribution in [0.15, 0.2) is 82.9 Å². The molecule has 0 unspecified atom stereocenters. The van der Waals surface area contributed by atoms with E-state index in [0.717, 1.165) is 5.69 Å². The Hall–Kier alpha value is -3.09. The molecule has 142 valence electrons. The van der Waals surface area contributed by atoms with E-state index in [4.69, 9.17) is 11.6 Å². The zero-order valence-electron chi connectivity index (χ0n) is 15.2. The first-order chi connectivity index (χ1) is 14.2. The number of nitrogens with zero attached hydrogens (tertiary/aromatic N) is 3. The molecule has 0 saturated heterocycles. The molecule has 7 heteroatoms. The molecular weight excluding hydrogens is 404 g/mol. The molecule has 1 N–H and O–H groups in total. The van der Waals surface area contributed by atoms with Crippen LogP contribution in [0.4, 0.5) is 0 Å². The van der Waals surface area contributed by atoms with E-state index in [1.54, 1.807) is 16.8 Å². The minimum Gasteiger partial charge on any atom is -0.301 e. The predicted molar refractivity (Wildman–Crippen MR) is 118 cm³/mol. The number of thioether (sulfide) groups is 1. The molecule has 0 bridgehead atoms. The lowest BCUT2D eigenvalue weighted by Gasteiger charge is -2.07. The highest BCUT2D eigenvalue weighted by Gasteiger charge is 2.12. The summed E-state index contributed by atoms with van der Waals surface area (Å²) in [6, 6.07) is 21.8. The Morgan fingerprint density at radius 1 is 1.00 bits per heavy atom. The molecule has 5 aromatic rings.